The molecule has 0 aliphatic carbocycles. The lowest BCUT2D eigenvalue weighted by Crippen LogP contribution is -2.30. The summed E-state index contributed by atoms with van der Waals surface area (Å²) in [5, 5.41) is 3.81. The summed E-state index contributed by atoms with van der Waals surface area (Å²) in [5.74, 6) is 0.214. The maximum Gasteiger partial charge on any atom is 0.271 e. The molecule has 0 saturated carbocycles. The number of benzene rings is 2. The number of halogens is 2. The van der Waals surface area contributed by atoms with Crippen LogP contribution in [0.15, 0.2) is 48.8 Å². The van der Waals surface area contributed by atoms with E-state index in [1.807, 2.05) is 24.3 Å². The first kappa shape index (κ1) is 19.7. The van der Waals surface area contributed by atoms with Crippen LogP contribution >= 0.6 is 23.2 Å². The molecule has 144 valence electrons. The predicted molar refractivity (Wildman–Crippen MR) is 113 cm³/mol. The minimum Gasteiger partial charge on any atom is -0.393 e. The van der Waals surface area contributed by atoms with Crippen molar-refractivity contribution in [1.82, 2.24) is 15.4 Å². The maximum atomic E-state index is 12.3. The molecule has 3 aromatic rings. The van der Waals surface area contributed by atoms with E-state index in [0.717, 1.165) is 12.1 Å². The van der Waals surface area contributed by atoms with Crippen molar-refractivity contribution in [2.75, 3.05) is 16.5 Å². The Balaban J connectivity index is 1.70. The van der Waals surface area contributed by atoms with Gasteiger partial charge >= 0.3 is 0 Å². The van der Waals surface area contributed by atoms with Crippen LogP contribution in [0.4, 0.5) is 23.0 Å². The second-order valence-electron chi connectivity index (χ2n) is 5.86. The first-order chi connectivity index (χ1) is 13.5. The number of hydrogen-bond donors (Lipinski definition) is 4. The number of carbonyl (C=O) groups excluding carboxylic acids is 1. The standard InChI is InChI=1S/C19H18Cl2N6O/c1-2-11-3-6-13(7-4-11)25-17-16(22)18(24-10-23-17)26-27-19(28)14-8-5-12(20)9-15(14)21/h3-10H,2,22H2,1H3,(H,27,28)(H2,23,24,25,26). The van der Waals surface area contributed by atoms with Crippen LogP contribution in [0.25, 0.3) is 0 Å². The Morgan fingerprint density at radius 1 is 1.07 bits per heavy atom. The van der Waals surface area contributed by atoms with E-state index in [-0.39, 0.29) is 22.1 Å². The van der Waals surface area contributed by atoms with E-state index in [2.05, 4.69) is 33.1 Å². The van der Waals surface area contributed by atoms with E-state index in [0.29, 0.717) is 10.8 Å². The lowest BCUT2D eigenvalue weighted by Gasteiger charge is -2.13. The minimum atomic E-state index is -0.454. The molecule has 0 radical (unpaired) electrons. The number of hydrogen-bond acceptors (Lipinski definition) is 6. The van der Waals surface area contributed by atoms with Crippen molar-refractivity contribution < 1.29 is 4.79 Å². The molecule has 0 fully saturated rings. The summed E-state index contributed by atoms with van der Waals surface area (Å²) < 4.78 is 0. The molecule has 0 aliphatic heterocycles. The van der Waals surface area contributed by atoms with Crippen LogP contribution in [0.3, 0.4) is 0 Å². The summed E-state index contributed by atoms with van der Waals surface area (Å²) in [6, 6.07) is 12.5. The average molecular weight is 417 g/mol. The summed E-state index contributed by atoms with van der Waals surface area (Å²) >= 11 is 11.9. The van der Waals surface area contributed by atoms with E-state index in [4.69, 9.17) is 28.9 Å². The fraction of sp³-hybridized carbons (Fsp3) is 0.105. The van der Waals surface area contributed by atoms with E-state index >= 15 is 0 Å². The maximum absolute atomic E-state index is 12.3. The number of amides is 1. The number of anilines is 4. The summed E-state index contributed by atoms with van der Waals surface area (Å²) in [7, 11) is 0. The van der Waals surface area contributed by atoms with Gasteiger partial charge in [-0.15, -0.1) is 0 Å². The lowest BCUT2D eigenvalue weighted by atomic mass is 10.1. The number of hydrazine groups is 1. The van der Waals surface area contributed by atoms with Gasteiger partial charge in [-0.05, 0) is 42.3 Å². The molecule has 1 amide bonds. The van der Waals surface area contributed by atoms with Gasteiger partial charge in [0.2, 0.25) is 0 Å². The Morgan fingerprint density at radius 2 is 1.79 bits per heavy atom. The Bertz CT molecular complexity index is 994. The predicted octanol–water partition coefficient (Wildman–Crippen LogP) is 4.43. The third-order valence-corrected chi connectivity index (χ3v) is 4.53. The minimum absolute atomic E-state index is 0.236. The molecular formula is C19H18Cl2N6O. The van der Waals surface area contributed by atoms with Gasteiger partial charge in [-0.3, -0.25) is 15.6 Å². The van der Waals surface area contributed by atoms with Crippen LogP contribution in [0, 0.1) is 0 Å². The van der Waals surface area contributed by atoms with Gasteiger partial charge in [-0.25, -0.2) is 9.97 Å². The second kappa shape index (κ2) is 8.77. The monoisotopic (exact) mass is 416 g/mol. The normalized spacial score (nSPS) is 10.4. The van der Waals surface area contributed by atoms with Crippen LogP contribution in [0.5, 0.6) is 0 Å². The fourth-order valence-electron chi connectivity index (χ4n) is 2.41. The van der Waals surface area contributed by atoms with Gasteiger partial charge in [0.15, 0.2) is 11.6 Å². The lowest BCUT2D eigenvalue weighted by molar-refractivity contribution is 0.0962. The average Bonchev–Trinajstić information content (AvgIpc) is 2.69. The Kier molecular flexibility index (Phi) is 6.18. The SMILES string of the molecule is CCc1ccc(Nc2ncnc(NNC(=O)c3ccc(Cl)cc3Cl)c2N)cc1. The largest absolute Gasteiger partial charge is 0.393 e. The van der Waals surface area contributed by atoms with E-state index in [1.165, 1.54) is 24.0 Å². The fourth-order valence-corrected chi connectivity index (χ4v) is 2.91. The Labute approximate surface area is 172 Å². The molecular weight excluding hydrogens is 399 g/mol. The van der Waals surface area contributed by atoms with Crippen LogP contribution in [0.1, 0.15) is 22.8 Å². The zero-order valence-electron chi connectivity index (χ0n) is 15.0. The van der Waals surface area contributed by atoms with Crippen molar-refractivity contribution in [3.63, 3.8) is 0 Å². The van der Waals surface area contributed by atoms with Gasteiger partial charge in [-0.1, -0.05) is 42.3 Å². The van der Waals surface area contributed by atoms with E-state index < -0.39 is 5.91 Å². The van der Waals surface area contributed by atoms with Crippen LogP contribution < -0.4 is 21.9 Å². The van der Waals surface area contributed by atoms with Gasteiger partial charge in [-0.2, -0.15) is 0 Å². The molecule has 9 heteroatoms. The smallest absolute Gasteiger partial charge is 0.271 e. The highest BCUT2D eigenvalue weighted by Gasteiger charge is 2.13. The first-order valence-corrected chi connectivity index (χ1v) is 9.21. The summed E-state index contributed by atoms with van der Waals surface area (Å²) in [6.07, 6.45) is 2.30. The van der Waals surface area contributed by atoms with Gasteiger partial charge in [0.25, 0.3) is 5.91 Å². The molecule has 2 aromatic carbocycles. The number of nitrogens with two attached hydrogens (primary N) is 1. The number of nitrogens with zero attached hydrogens (tertiary/aromatic N) is 2. The van der Waals surface area contributed by atoms with Crippen molar-refractivity contribution >= 4 is 52.1 Å². The molecule has 0 unspecified atom stereocenters. The van der Waals surface area contributed by atoms with Gasteiger partial charge in [0.05, 0.1) is 10.6 Å². The zero-order valence-corrected chi connectivity index (χ0v) is 16.5. The number of rotatable bonds is 6. The molecule has 3 rings (SSSR count). The molecule has 7 nitrogen and oxygen atoms in total. The summed E-state index contributed by atoms with van der Waals surface area (Å²) in [6.45, 7) is 2.09. The molecule has 1 aromatic heterocycles. The molecule has 0 saturated heterocycles. The highest BCUT2D eigenvalue weighted by atomic mass is 35.5. The van der Waals surface area contributed by atoms with Gasteiger partial charge in [0.1, 0.15) is 12.0 Å². The van der Waals surface area contributed by atoms with Crippen LogP contribution in [-0.2, 0) is 6.42 Å². The highest BCUT2D eigenvalue weighted by molar-refractivity contribution is 6.36. The number of aryl methyl sites for hydroxylation is 1. The summed E-state index contributed by atoms with van der Waals surface area (Å²) in [4.78, 5) is 20.5. The number of nitrogens with one attached hydrogen (secondary N) is 3. The van der Waals surface area contributed by atoms with Gasteiger partial charge < -0.3 is 11.1 Å². The van der Waals surface area contributed by atoms with Crippen molar-refractivity contribution in [3.05, 3.63) is 70.0 Å². The third kappa shape index (κ3) is 4.62. The molecule has 0 aliphatic rings. The molecule has 5 N–H and O–H groups in total. The van der Waals surface area contributed by atoms with Crippen molar-refractivity contribution in [3.8, 4) is 0 Å². The van der Waals surface area contributed by atoms with Crippen molar-refractivity contribution in [1.29, 1.82) is 0 Å². The second-order valence-corrected chi connectivity index (χ2v) is 6.71. The molecule has 0 atom stereocenters. The molecule has 0 bridgehead atoms. The number of carbonyl (C=O) groups is 1. The topological polar surface area (TPSA) is 105 Å². The zero-order chi connectivity index (χ0) is 20.1. The number of aromatic nitrogens is 2. The summed E-state index contributed by atoms with van der Waals surface area (Å²) in [5.41, 5.74) is 13.9. The molecule has 28 heavy (non-hydrogen) atoms. The van der Waals surface area contributed by atoms with Crippen LogP contribution in [0.2, 0.25) is 10.0 Å². The Morgan fingerprint density at radius 3 is 2.46 bits per heavy atom. The van der Waals surface area contributed by atoms with E-state index in [1.54, 1.807) is 6.07 Å². The van der Waals surface area contributed by atoms with Gasteiger partial charge in [0, 0.05) is 10.7 Å². The number of nitrogen functional groups attached to an aromatic ring is 1. The molecule has 1 heterocycles. The van der Waals surface area contributed by atoms with Crippen molar-refractivity contribution in [2.24, 2.45) is 0 Å². The molecule has 0 spiro atoms. The van der Waals surface area contributed by atoms with Crippen molar-refractivity contribution in [2.45, 2.75) is 13.3 Å². The highest BCUT2D eigenvalue weighted by Crippen LogP contribution is 2.26. The Hall–Kier alpha value is -3.03. The van der Waals surface area contributed by atoms with E-state index in [9.17, 15) is 4.79 Å². The quantitative estimate of drug-likeness (QED) is 0.443. The first-order valence-electron chi connectivity index (χ1n) is 8.45. The third-order valence-electron chi connectivity index (χ3n) is 3.98. The van der Waals surface area contributed by atoms with Crippen LogP contribution in [-0.4, -0.2) is 15.9 Å².